The molecule has 1 aliphatic carbocycles. The summed E-state index contributed by atoms with van der Waals surface area (Å²) in [6.07, 6.45) is 4.39. The number of nitrogens with one attached hydrogen (secondary N) is 2. The Morgan fingerprint density at radius 3 is 2.27 bits per heavy atom. The Hall–Kier alpha value is -3.64. The number of anilines is 1. The fourth-order valence-corrected chi connectivity index (χ4v) is 4.29. The summed E-state index contributed by atoms with van der Waals surface area (Å²) in [5.41, 5.74) is 3.98. The number of benzene rings is 2. The number of hydrogen-bond acceptors (Lipinski definition) is 5. The topological polar surface area (TPSA) is 71.1 Å². The molecule has 0 bridgehead atoms. The van der Waals surface area contributed by atoms with Gasteiger partial charge < -0.3 is 10.6 Å². The van der Waals surface area contributed by atoms with Crippen LogP contribution in [0.2, 0.25) is 0 Å². The van der Waals surface area contributed by atoms with Gasteiger partial charge in [0.05, 0.1) is 5.57 Å². The summed E-state index contributed by atoms with van der Waals surface area (Å²) in [5, 5.41) is 6.56. The zero-order valence-corrected chi connectivity index (χ0v) is 19.0. The molecule has 1 atom stereocenters. The van der Waals surface area contributed by atoms with E-state index in [0.29, 0.717) is 35.6 Å². The van der Waals surface area contributed by atoms with Crippen LogP contribution in [0.25, 0.3) is 0 Å². The van der Waals surface area contributed by atoms with Gasteiger partial charge in [-0.05, 0) is 41.8 Å². The maximum Gasteiger partial charge on any atom is 0.168 e. The number of carbonyl (C=O) groups is 2. The lowest BCUT2D eigenvalue weighted by Gasteiger charge is -2.27. The minimum Gasteiger partial charge on any atom is -0.384 e. The number of nitrogens with zero attached hydrogens (tertiary/aromatic N) is 1. The van der Waals surface area contributed by atoms with Gasteiger partial charge in [-0.2, -0.15) is 0 Å². The van der Waals surface area contributed by atoms with Crippen molar-refractivity contribution < 1.29 is 9.59 Å². The Labute approximate surface area is 199 Å². The molecule has 166 valence electrons. The molecular weight excluding hydrogens is 430 g/mol. The molecule has 6 heteroatoms. The van der Waals surface area contributed by atoms with Crippen LogP contribution < -0.4 is 10.6 Å². The standard InChI is InChI=1S/C27H25N3O2S/c31-24(15-19-7-3-1-4-8-19)21-16-23(29-18-20-11-13-28-14-12-20)26(25(32)17-21)27(33)30-22-9-5-2-6-10-22/h1-14,21,29H,15-18H2,(H,30,33). The third-order valence-electron chi connectivity index (χ3n) is 5.65. The lowest BCUT2D eigenvalue weighted by Crippen LogP contribution is -2.35. The Bertz CT molecular complexity index is 1160. The molecule has 0 amide bonds. The lowest BCUT2D eigenvalue weighted by molar-refractivity contribution is -0.126. The number of pyridine rings is 1. The number of rotatable bonds is 8. The van der Waals surface area contributed by atoms with Crippen molar-refractivity contribution in [3.63, 3.8) is 0 Å². The fourth-order valence-electron chi connectivity index (χ4n) is 3.93. The van der Waals surface area contributed by atoms with Gasteiger partial charge in [-0.3, -0.25) is 14.6 Å². The molecule has 1 aromatic heterocycles. The first-order chi connectivity index (χ1) is 16.1. The molecule has 0 saturated carbocycles. The van der Waals surface area contributed by atoms with E-state index in [9.17, 15) is 9.59 Å². The second kappa shape index (κ2) is 10.8. The van der Waals surface area contributed by atoms with Crippen molar-refractivity contribution in [2.45, 2.75) is 25.8 Å². The lowest BCUT2D eigenvalue weighted by atomic mass is 9.81. The Kier molecular flexibility index (Phi) is 7.37. The van der Waals surface area contributed by atoms with Crippen LogP contribution in [-0.2, 0) is 22.6 Å². The van der Waals surface area contributed by atoms with E-state index in [0.717, 1.165) is 16.8 Å². The minimum absolute atomic E-state index is 0.0683. The van der Waals surface area contributed by atoms with E-state index >= 15 is 0 Å². The normalized spacial score (nSPS) is 15.8. The number of thiocarbonyl (C=S) groups is 1. The van der Waals surface area contributed by atoms with Crippen LogP contribution >= 0.6 is 12.2 Å². The van der Waals surface area contributed by atoms with Crippen LogP contribution in [-0.4, -0.2) is 21.5 Å². The number of carbonyl (C=O) groups excluding carboxylic acids is 2. The Morgan fingerprint density at radius 1 is 0.909 bits per heavy atom. The molecular formula is C27H25N3O2S. The van der Waals surface area contributed by atoms with Crippen molar-refractivity contribution in [2.75, 3.05) is 5.32 Å². The number of ketones is 2. The Morgan fingerprint density at radius 2 is 1.58 bits per heavy atom. The number of aromatic nitrogens is 1. The van der Waals surface area contributed by atoms with Crippen LogP contribution in [0.4, 0.5) is 5.69 Å². The van der Waals surface area contributed by atoms with Crippen LogP contribution in [0.3, 0.4) is 0 Å². The van der Waals surface area contributed by atoms with Crippen LogP contribution in [0.5, 0.6) is 0 Å². The van der Waals surface area contributed by atoms with Crippen molar-refractivity contribution in [1.29, 1.82) is 0 Å². The molecule has 2 aromatic carbocycles. The molecule has 0 fully saturated rings. The first-order valence-electron chi connectivity index (χ1n) is 10.9. The largest absolute Gasteiger partial charge is 0.384 e. The van der Waals surface area contributed by atoms with Gasteiger partial charge in [0.1, 0.15) is 10.8 Å². The highest BCUT2D eigenvalue weighted by atomic mass is 32.1. The average Bonchev–Trinajstić information content (AvgIpc) is 2.84. The molecule has 4 rings (SSSR count). The molecule has 0 spiro atoms. The van der Waals surface area contributed by atoms with Gasteiger partial charge in [-0.15, -0.1) is 0 Å². The molecule has 1 heterocycles. The van der Waals surface area contributed by atoms with Gasteiger partial charge in [0, 0.05) is 49.1 Å². The summed E-state index contributed by atoms with van der Waals surface area (Å²) < 4.78 is 0. The molecule has 3 aromatic rings. The monoisotopic (exact) mass is 455 g/mol. The molecule has 0 radical (unpaired) electrons. The number of para-hydroxylation sites is 1. The summed E-state index contributed by atoms with van der Waals surface area (Å²) in [5.74, 6) is -0.419. The zero-order valence-electron chi connectivity index (χ0n) is 18.2. The fraction of sp³-hybridized carbons (Fsp3) is 0.185. The quantitative estimate of drug-likeness (QED) is 0.482. The van der Waals surface area contributed by atoms with Gasteiger partial charge in [0.15, 0.2) is 5.78 Å². The molecule has 0 aliphatic heterocycles. The van der Waals surface area contributed by atoms with Gasteiger partial charge >= 0.3 is 0 Å². The molecule has 2 N–H and O–H groups in total. The van der Waals surface area contributed by atoms with Crippen molar-refractivity contribution in [3.8, 4) is 0 Å². The molecule has 1 unspecified atom stereocenters. The first-order valence-corrected chi connectivity index (χ1v) is 11.3. The predicted octanol–water partition coefficient (Wildman–Crippen LogP) is 4.66. The van der Waals surface area contributed by atoms with E-state index in [-0.39, 0.29) is 23.9 Å². The zero-order chi connectivity index (χ0) is 23.0. The predicted molar refractivity (Wildman–Crippen MR) is 134 cm³/mol. The third kappa shape index (κ3) is 5.99. The highest BCUT2D eigenvalue weighted by Crippen LogP contribution is 2.29. The van der Waals surface area contributed by atoms with Gasteiger partial charge in [0.25, 0.3) is 0 Å². The van der Waals surface area contributed by atoms with E-state index in [1.807, 2.05) is 72.8 Å². The van der Waals surface area contributed by atoms with E-state index < -0.39 is 0 Å². The van der Waals surface area contributed by atoms with Crippen LogP contribution in [0.1, 0.15) is 24.0 Å². The second-order valence-electron chi connectivity index (χ2n) is 8.04. The van der Waals surface area contributed by atoms with Crippen molar-refractivity contribution >= 4 is 34.5 Å². The maximum absolute atomic E-state index is 13.2. The second-order valence-corrected chi connectivity index (χ2v) is 8.45. The van der Waals surface area contributed by atoms with E-state index in [4.69, 9.17) is 12.2 Å². The first kappa shape index (κ1) is 22.6. The maximum atomic E-state index is 13.2. The van der Waals surface area contributed by atoms with E-state index in [2.05, 4.69) is 15.6 Å². The van der Waals surface area contributed by atoms with Crippen LogP contribution in [0.15, 0.2) is 96.5 Å². The van der Waals surface area contributed by atoms with Crippen molar-refractivity contribution in [3.05, 3.63) is 108 Å². The number of allylic oxidation sites excluding steroid dienone is 1. The van der Waals surface area contributed by atoms with Gasteiger partial charge in [-0.25, -0.2) is 0 Å². The molecule has 33 heavy (non-hydrogen) atoms. The molecule has 0 saturated heterocycles. The SMILES string of the molecule is O=C1CC(C(=O)Cc2ccccc2)CC(NCc2ccncc2)=C1C(=S)Nc1ccccc1. The van der Waals surface area contributed by atoms with Crippen molar-refractivity contribution in [2.24, 2.45) is 5.92 Å². The summed E-state index contributed by atoms with van der Waals surface area (Å²) in [6, 6.07) is 23.0. The Balaban J connectivity index is 1.56. The van der Waals surface area contributed by atoms with E-state index in [1.54, 1.807) is 12.4 Å². The van der Waals surface area contributed by atoms with Crippen LogP contribution in [0, 0.1) is 5.92 Å². The molecule has 5 nitrogen and oxygen atoms in total. The third-order valence-corrected chi connectivity index (χ3v) is 5.96. The number of hydrogen-bond donors (Lipinski definition) is 2. The summed E-state index contributed by atoms with van der Waals surface area (Å²) in [4.78, 5) is 30.7. The van der Waals surface area contributed by atoms with Gasteiger partial charge in [0.2, 0.25) is 0 Å². The van der Waals surface area contributed by atoms with E-state index in [1.165, 1.54) is 0 Å². The highest BCUT2D eigenvalue weighted by molar-refractivity contribution is 7.81. The van der Waals surface area contributed by atoms with Gasteiger partial charge in [-0.1, -0.05) is 60.7 Å². The summed E-state index contributed by atoms with van der Waals surface area (Å²) >= 11 is 5.63. The summed E-state index contributed by atoms with van der Waals surface area (Å²) in [7, 11) is 0. The molecule has 1 aliphatic rings. The summed E-state index contributed by atoms with van der Waals surface area (Å²) in [6.45, 7) is 0.516. The minimum atomic E-state index is -0.374. The number of Topliss-reactive ketones (excluding diaryl/α,β-unsaturated/α-hetero) is 2. The average molecular weight is 456 g/mol. The smallest absolute Gasteiger partial charge is 0.168 e. The highest BCUT2D eigenvalue weighted by Gasteiger charge is 2.33. The van der Waals surface area contributed by atoms with Crippen molar-refractivity contribution in [1.82, 2.24) is 10.3 Å².